The smallest absolute Gasteiger partial charge is 0.264 e. The lowest BCUT2D eigenvalue weighted by atomic mass is 10.2. The quantitative estimate of drug-likeness (QED) is 0.686. The maximum atomic E-state index is 12.4. The van der Waals surface area contributed by atoms with Crippen LogP contribution in [0.5, 0.6) is 23.0 Å². The number of para-hydroxylation sites is 2. The first-order chi connectivity index (χ1) is 13.7. The Balaban J connectivity index is 1.30. The third-order valence-electron chi connectivity index (χ3n) is 4.24. The highest BCUT2D eigenvalue weighted by atomic mass is 35.5. The summed E-state index contributed by atoms with van der Waals surface area (Å²) in [5, 5.41) is 3.54. The fourth-order valence-corrected chi connectivity index (χ4v) is 2.89. The van der Waals surface area contributed by atoms with E-state index in [4.69, 9.17) is 25.8 Å². The summed E-state index contributed by atoms with van der Waals surface area (Å²) in [4.78, 5) is 12.4. The summed E-state index contributed by atoms with van der Waals surface area (Å²) in [6, 6.07) is 22.0. The number of halogens is 1. The van der Waals surface area contributed by atoms with E-state index in [-0.39, 0.29) is 12.5 Å². The summed E-state index contributed by atoms with van der Waals surface area (Å²) in [5.74, 6) is 2.44. The normalized spacial score (nSPS) is 15.0. The molecule has 0 bridgehead atoms. The van der Waals surface area contributed by atoms with E-state index in [0.29, 0.717) is 34.6 Å². The van der Waals surface area contributed by atoms with Crippen molar-refractivity contribution in [3.63, 3.8) is 0 Å². The second-order valence-corrected chi connectivity index (χ2v) is 6.72. The molecule has 0 fully saturated rings. The van der Waals surface area contributed by atoms with Gasteiger partial charge in [0.2, 0.25) is 6.10 Å². The Kier molecular flexibility index (Phi) is 5.35. The van der Waals surface area contributed by atoms with E-state index in [0.717, 1.165) is 5.56 Å². The lowest BCUT2D eigenvalue weighted by Gasteiger charge is -2.25. The van der Waals surface area contributed by atoms with Crippen LogP contribution in [0, 0.1) is 0 Å². The SMILES string of the molecule is O=C(NCc1ccc(Oc2ccc(Cl)cc2)cc1)[C@H]1COc2ccccc2O1. The Hall–Kier alpha value is -3.18. The average Bonchev–Trinajstić information content (AvgIpc) is 2.74. The molecule has 1 amide bonds. The molecule has 0 aromatic heterocycles. The van der Waals surface area contributed by atoms with Crippen molar-refractivity contribution in [1.29, 1.82) is 0 Å². The number of hydrogen-bond acceptors (Lipinski definition) is 4. The molecule has 1 heterocycles. The summed E-state index contributed by atoms with van der Waals surface area (Å²) in [7, 11) is 0. The standard InChI is InChI=1S/C22H18ClNO4/c23-16-7-11-18(12-8-16)27-17-9-5-15(6-10-17)13-24-22(25)21-14-26-19-3-1-2-4-20(19)28-21/h1-12,21H,13-14H2,(H,24,25)/t21-/m1/s1. The molecule has 0 radical (unpaired) electrons. The van der Waals surface area contributed by atoms with Gasteiger partial charge in [0.05, 0.1) is 0 Å². The maximum Gasteiger partial charge on any atom is 0.264 e. The van der Waals surface area contributed by atoms with Crippen molar-refractivity contribution in [2.75, 3.05) is 6.61 Å². The lowest BCUT2D eigenvalue weighted by molar-refractivity contribution is -0.130. The molecule has 28 heavy (non-hydrogen) atoms. The maximum absolute atomic E-state index is 12.4. The van der Waals surface area contributed by atoms with Gasteiger partial charge in [0.1, 0.15) is 18.1 Å². The summed E-state index contributed by atoms with van der Waals surface area (Å²) >= 11 is 5.87. The zero-order chi connectivity index (χ0) is 19.3. The minimum atomic E-state index is -0.664. The highest BCUT2D eigenvalue weighted by Gasteiger charge is 2.26. The number of carbonyl (C=O) groups is 1. The van der Waals surface area contributed by atoms with Crippen LogP contribution >= 0.6 is 11.6 Å². The second-order valence-electron chi connectivity index (χ2n) is 6.28. The molecule has 6 heteroatoms. The molecular formula is C22H18ClNO4. The molecular weight excluding hydrogens is 378 g/mol. The Morgan fingerprint density at radius 3 is 2.32 bits per heavy atom. The molecule has 1 aliphatic rings. The fourth-order valence-electron chi connectivity index (χ4n) is 2.77. The largest absolute Gasteiger partial charge is 0.485 e. The number of rotatable bonds is 5. The van der Waals surface area contributed by atoms with E-state index >= 15 is 0 Å². The van der Waals surface area contributed by atoms with Crippen LogP contribution in [-0.4, -0.2) is 18.6 Å². The van der Waals surface area contributed by atoms with Gasteiger partial charge < -0.3 is 19.5 Å². The van der Waals surface area contributed by atoms with Gasteiger partial charge in [0.15, 0.2) is 11.5 Å². The summed E-state index contributed by atoms with van der Waals surface area (Å²) < 4.78 is 17.0. The first kappa shape index (κ1) is 18.2. The molecule has 1 aliphatic heterocycles. The van der Waals surface area contributed by atoms with Crippen molar-refractivity contribution in [3.05, 3.63) is 83.4 Å². The molecule has 5 nitrogen and oxygen atoms in total. The van der Waals surface area contributed by atoms with Gasteiger partial charge in [-0.05, 0) is 54.1 Å². The Morgan fingerprint density at radius 1 is 0.964 bits per heavy atom. The first-order valence-corrected chi connectivity index (χ1v) is 9.24. The fraction of sp³-hybridized carbons (Fsp3) is 0.136. The molecule has 0 unspecified atom stereocenters. The average molecular weight is 396 g/mol. The van der Waals surface area contributed by atoms with Gasteiger partial charge in [-0.25, -0.2) is 0 Å². The molecule has 3 aromatic rings. The molecule has 0 aliphatic carbocycles. The van der Waals surface area contributed by atoms with Crippen molar-refractivity contribution in [1.82, 2.24) is 5.32 Å². The number of fused-ring (bicyclic) bond motifs is 1. The molecule has 142 valence electrons. The van der Waals surface area contributed by atoms with Crippen LogP contribution in [0.4, 0.5) is 0 Å². The zero-order valence-electron chi connectivity index (χ0n) is 14.9. The van der Waals surface area contributed by atoms with Crippen molar-refractivity contribution < 1.29 is 19.0 Å². The summed E-state index contributed by atoms with van der Waals surface area (Å²) in [6.45, 7) is 0.582. The van der Waals surface area contributed by atoms with Crippen LogP contribution in [0.2, 0.25) is 5.02 Å². The van der Waals surface area contributed by atoms with Gasteiger partial charge in [0.25, 0.3) is 5.91 Å². The highest BCUT2D eigenvalue weighted by molar-refractivity contribution is 6.30. The van der Waals surface area contributed by atoms with Crippen molar-refractivity contribution in [3.8, 4) is 23.0 Å². The lowest BCUT2D eigenvalue weighted by Crippen LogP contribution is -2.43. The first-order valence-electron chi connectivity index (χ1n) is 8.86. The van der Waals surface area contributed by atoms with E-state index in [1.807, 2.05) is 42.5 Å². The third-order valence-corrected chi connectivity index (χ3v) is 4.49. The van der Waals surface area contributed by atoms with Crippen LogP contribution in [0.1, 0.15) is 5.56 Å². The van der Waals surface area contributed by atoms with Gasteiger partial charge in [-0.1, -0.05) is 35.9 Å². The number of amides is 1. The topological polar surface area (TPSA) is 56.8 Å². The molecule has 1 atom stereocenters. The molecule has 0 saturated carbocycles. The van der Waals surface area contributed by atoms with Crippen LogP contribution < -0.4 is 19.5 Å². The molecule has 3 aromatic carbocycles. The number of benzene rings is 3. The summed E-state index contributed by atoms with van der Waals surface area (Å²) in [5.41, 5.74) is 0.953. The van der Waals surface area contributed by atoms with E-state index < -0.39 is 6.10 Å². The summed E-state index contributed by atoms with van der Waals surface area (Å²) in [6.07, 6.45) is -0.664. The third kappa shape index (κ3) is 4.38. The molecule has 0 spiro atoms. The molecule has 1 N–H and O–H groups in total. The zero-order valence-corrected chi connectivity index (χ0v) is 15.7. The minimum Gasteiger partial charge on any atom is -0.485 e. The van der Waals surface area contributed by atoms with Crippen LogP contribution in [0.15, 0.2) is 72.8 Å². The van der Waals surface area contributed by atoms with Gasteiger partial charge in [0, 0.05) is 11.6 Å². The monoisotopic (exact) mass is 395 g/mol. The van der Waals surface area contributed by atoms with E-state index in [1.54, 1.807) is 30.3 Å². The second kappa shape index (κ2) is 8.23. The van der Waals surface area contributed by atoms with Crippen LogP contribution in [-0.2, 0) is 11.3 Å². The highest BCUT2D eigenvalue weighted by Crippen LogP contribution is 2.31. The van der Waals surface area contributed by atoms with Gasteiger partial charge in [-0.15, -0.1) is 0 Å². The van der Waals surface area contributed by atoms with E-state index in [2.05, 4.69) is 5.32 Å². The van der Waals surface area contributed by atoms with Crippen LogP contribution in [0.3, 0.4) is 0 Å². The van der Waals surface area contributed by atoms with E-state index in [1.165, 1.54) is 0 Å². The van der Waals surface area contributed by atoms with Gasteiger partial charge in [-0.3, -0.25) is 4.79 Å². The molecule has 4 rings (SSSR count). The van der Waals surface area contributed by atoms with Gasteiger partial charge in [-0.2, -0.15) is 0 Å². The number of nitrogens with one attached hydrogen (secondary N) is 1. The number of ether oxygens (including phenoxy) is 3. The van der Waals surface area contributed by atoms with Gasteiger partial charge >= 0.3 is 0 Å². The molecule has 0 saturated heterocycles. The predicted molar refractivity (Wildman–Crippen MR) is 106 cm³/mol. The Morgan fingerprint density at radius 2 is 1.61 bits per heavy atom. The van der Waals surface area contributed by atoms with E-state index in [9.17, 15) is 4.79 Å². The Labute approximate surface area is 167 Å². The van der Waals surface area contributed by atoms with Crippen molar-refractivity contribution in [2.24, 2.45) is 0 Å². The number of carbonyl (C=O) groups excluding carboxylic acids is 1. The Bertz CT molecular complexity index is 957. The van der Waals surface area contributed by atoms with Crippen molar-refractivity contribution >= 4 is 17.5 Å². The van der Waals surface area contributed by atoms with Crippen molar-refractivity contribution in [2.45, 2.75) is 12.6 Å². The predicted octanol–water partition coefficient (Wildman–Crippen LogP) is 4.59. The van der Waals surface area contributed by atoms with Crippen LogP contribution in [0.25, 0.3) is 0 Å². The minimum absolute atomic E-state index is 0.191. The number of hydrogen-bond donors (Lipinski definition) is 1.